The summed E-state index contributed by atoms with van der Waals surface area (Å²) >= 11 is 0. The Morgan fingerprint density at radius 1 is 1.50 bits per heavy atom. The van der Waals surface area contributed by atoms with Gasteiger partial charge in [-0.3, -0.25) is 4.79 Å². The largest absolute Gasteiger partial charge is 0.481 e. The first-order valence-corrected chi connectivity index (χ1v) is 6.10. The summed E-state index contributed by atoms with van der Waals surface area (Å²) < 4.78 is 0. The first kappa shape index (κ1) is 15.5. The van der Waals surface area contributed by atoms with E-state index >= 15 is 0 Å². The van der Waals surface area contributed by atoms with Gasteiger partial charge < -0.3 is 15.3 Å². The van der Waals surface area contributed by atoms with Crippen molar-refractivity contribution in [1.29, 1.82) is 5.26 Å². The molecule has 106 valence electrons. The van der Waals surface area contributed by atoms with Gasteiger partial charge in [0.15, 0.2) is 0 Å². The van der Waals surface area contributed by atoms with Crippen molar-refractivity contribution in [2.75, 3.05) is 18.9 Å². The highest BCUT2D eigenvalue weighted by molar-refractivity contribution is 5.90. The number of urea groups is 1. The predicted octanol–water partition coefficient (Wildman–Crippen LogP) is 2.05. The maximum atomic E-state index is 12.0. The molecular formula is C14H17N3O3. The number of aliphatic carboxylic acids is 1. The molecule has 0 heterocycles. The molecule has 2 amide bonds. The van der Waals surface area contributed by atoms with Crippen molar-refractivity contribution in [1.82, 2.24) is 4.90 Å². The van der Waals surface area contributed by atoms with Gasteiger partial charge in [-0.2, -0.15) is 5.26 Å². The fourth-order valence-electron chi connectivity index (χ4n) is 1.61. The fraction of sp³-hybridized carbons (Fsp3) is 0.357. The molecule has 0 fully saturated rings. The second-order valence-corrected chi connectivity index (χ2v) is 4.69. The van der Waals surface area contributed by atoms with E-state index in [0.29, 0.717) is 11.3 Å². The van der Waals surface area contributed by atoms with Crippen molar-refractivity contribution < 1.29 is 14.7 Å². The van der Waals surface area contributed by atoms with Crippen LogP contribution in [0, 0.1) is 24.2 Å². The number of carbonyl (C=O) groups excluding carboxylic acids is 1. The van der Waals surface area contributed by atoms with Crippen LogP contribution in [0.5, 0.6) is 0 Å². The zero-order valence-corrected chi connectivity index (χ0v) is 11.7. The van der Waals surface area contributed by atoms with Crippen molar-refractivity contribution in [2.45, 2.75) is 13.8 Å². The third kappa shape index (κ3) is 3.99. The number of carbonyl (C=O) groups is 2. The minimum absolute atomic E-state index is 0.109. The van der Waals surface area contributed by atoms with E-state index in [0.717, 1.165) is 5.56 Å². The molecule has 1 rings (SSSR count). The van der Waals surface area contributed by atoms with Crippen LogP contribution >= 0.6 is 0 Å². The van der Waals surface area contributed by atoms with Crippen LogP contribution in [-0.4, -0.2) is 35.6 Å². The second-order valence-electron chi connectivity index (χ2n) is 4.69. The number of aryl methyl sites for hydroxylation is 1. The summed E-state index contributed by atoms with van der Waals surface area (Å²) in [6, 6.07) is 6.59. The number of nitriles is 1. The molecule has 1 atom stereocenters. The van der Waals surface area contributed by atoms with Crippen LogP contribution in [-0.2, 0) is 4.79 Å². The highest BCUT2D eigenvalue weighted by atomic mass is 16.4. The summed E-state index contributed by atoms with van der Waals surface area (Å²) in [5, 5.41) is 20.3. The Morgan fingerprint density at radius 3 is 2.70 bits per heavy atom. The molecule has 0 aromatic heterocycles. The van der Waals surface area contributed by atoms with E-state index < -0.39 is 17.9 Å². The Kier molecular flexibility index (Phi) is 5.09. The van der Waals surface area contributed by atoms with E-state index in [1.54, 1.807) is 18.2 Å². The number of hydrogen-bond donors (Lipinski definition) is 2. The quantitative estimate of drug-likeness (QED) is 0.879. The Bertz CT molecular complexity index is 563. The van der Waals surface area contributed by atoms with E-state index in [1.165, 1.54) is 18.9 Å². The first-order valence-electron chi connectivity index (χ1n) is 6.10. The normalized spacial score (nSPS) is 11.3. The molecule has 1 aromatic rings. The van der Waals surface area contributed by atoms with Crippen molar-refractivity contribution >= 4 is 17.7 Å². The molecule has 0 aliphatic carbocycles. The molecule has 20 heavy (non-hydrogen) atoms. The third-order valence-corrected chi connectivity index (χ3v) is 2.92. The van der Waals surface area contributed by atoms with Gasteiger partial charge in [0, 0.05) is 19.3 Å². The summed E-state index contributed by atoms with van der Waals surface area (Å²) in [6.45, 7) is 3.46. The lowest BCUT2D eigenvalue weighted by Gasteiger charge is -2.20. The van der Waals surface area contributed by atoms with Gasteiger partial charge >= 0.3 is 12.0 Å². The van der Waals surface area contributed by atoms with E-state index in [2.05, 4.69) is 5.32 Å². The molecule has 1 unspecified atom stereocenters. The van der Waals surface area contributed by atoms with Gasteiger partial charge in [0.05, 0.1) is 17.6 Å². The molecule has 0 saturated carbocycles. The summed E-state index contributed by atoms with van der Waals surface area (Å²) in [5.74, 6) is -1.59. The average Bonchev–Trinajstić information content (AvgIpc) is 2.40. The molecule has 0 saturated heterocycles. The average molecular weight is 275 g/mol. The molecule has 0 aliphatic rings. The van der Waals surface area contributed by atoms with E-state index in [-0.39, 0.29) is 6.54 Å². The van der Waals surface area contributed by atoms with Crippen LogP contribution in [0.1, 0.15) is 18.1 Å². The molecule has 0 spiro atoms. The number of nitrogens with one attached hydrogen (secondary N) is 1. The van der Waals surface area contributed by atoms with Crippen LogP contribution < -0.4 is 5.32 Å². The van der Waals surface area contributed by atoms with Crippen molar-refractivity contribution in [3.05, 3.63) is 29.3 Å². The summed E-state index contributed by atoms with van der Waals surface area (Å²) in [6.07, 6.45) is 0. The van der Waals surface area contributed by atoms with E-state index in [4.69, 9.17) is 10.4 Å². The van der Waals surface area contributed by atoms with Gasteiger partial charge in [-0.1, -0.05) is 13.0 Å². The van der Waals surface area contributed by atoms with Gasteiger partial charge in [-0.25, -0.2) is 4.79 Å². The van der Waals surface area contributed by atoms with Crippen LogP contribution in [0.15, 0.2) is 18.2 Å². The maximum Gasteiger partial charge on any atom is 0.321 e. The van der Waals surface area contributed by atoms with Crippen LogP contribution in [0.2, 0.25) is 0 Å². The van der Waals surface area contributed by atoms with Crippen LogP contribution in [0.3, 0.4) is 0 Å². The van der Waals surface area contributed by atoms with E-state index in [1.807, 2.05) is 13.0 Å². The summed E-state index contributed by atoms with van der Waals surface area (Å²) in [5.41, 5.74) is 1.83. The minimum Gasteiger partial charge on any atom is -0.481 e. The van der Waals surface area contributed by atoms with Gasteiger partial charge in [0.25, 0.3) is 0 Å². The standard InChI is InChI=1S/C14H17N3O3/c1-9-4-5-11(7-15)6-12(9)16-14(20)17(3)8-10(2)13(18)19/h4-6,10H,8H2,1-3H3,(H,16,20)(H,18,19). The van der Waals surface area contributed by atoms with Crippen molar-refractivity contribution in [2.24, 2.45) is 5.92 Å². The lowest BCUT2D eigenvalue weighted by molar-refractivity contribution is -0.141. The maximum absolute atomic E-state index is 12.0. The monoisotopic (exact) mass is 275 g/mol. The van der Waals surface area contributed by atoms with Gasteiger partial charge in [0.2, 0.25) is 0 Å². The zero-order valence-electron chi connectivity index (χ0n) is 11.7. The van der Waals surface area contributed by atoms with Crippen LogP contribution in [0.4, 0.5) is 10.5 Å². The van der Waals surface area contributed by atoms with Gasteiger partial charge in [-0.05, 0) is 24.6 Å². The highest BCUT2D eigenvalue weighted by Gasteiger charge is 2.17. The van der Waals surface area contributed by atoms with Gasteiger partial charge in [-0.15, -0.1) is 0 Å². The number of nitrogens with zero attached hydrogens (tertiary/aromatic N) is 2. The predicted molar refractivity (Wildman–Crippen MR) is 74.3 cm³/mol. The Balaban J connectivity index is 2.76. The molecule has 6 nitrogen and oxygen atoms in total. The number of anilines is 1. The Labute approximate surface area is 117 Å². The SMILES string of the molecule is Cc1ccc(C#N)cc1NC(=O)N(C)CC(C)C(=O)O. The highest BCUT2D eigenvalue weighted by Crippen LogP contribution is 2.17. The van der Waals surface area contributed by atoms with Crippen LogP contribution in [0.25, 0.3) is 0 Å². The first-order chi connectivity index (χ1) is 9.35. The summed E-state index contributed by atoms with van der Waals surface area (Å²) in [7, 11) is 1.53. The molecule has 0 aliphatic heterocycles. The second kappa shape index (κ2) is 6.57. The number of carboxylic acid groups (broad SMARTS) is 1. The molecular weight excluding hydrogens is 258 g/mol. The van der Waals surface area contributed by atoms with Gasteiger partial charge in [0.1, 0.15) is 0 Å². The number of rotatable bonds is 4. The zero-order chi connectivity index (χ0) is 15.3. The molecule has 0 radical (unpaired) electrons. The third-order valence-electron chi connectivity index (χ3n) is 2.92. The fourth-order valence-corrected chi connectivity index (χ4v) is 1.61. The molecule has 2 N–H and O–H groups in total. The van der Waals surface area contributed by atoms with Crippen molar-refractivity contribution in [3.63, 3.8) is 0 Å². The number of benzene rings is 1. The Morgan fingerprint density at radius 2 is 2.15 bits per heavy atom. The number of amides is 2. The van der Waals surface area contributed by atoms with E-state index in [9.17, 15) is 9.59 Å². The summed E-state index contributed by atoms with van der Waals surface area (Å²) in [4.78, 5) is 24.0. The Hall–Kier alpha value is -2.55. The smallest absolute Gasteiger partial charge is 0.321 e. The molecule has 0 bridgehead atoms. The number of hydrogen-bond acceptors (Lipinski definition) is 3. The minimum atomic E-state index is -0.952. The van der Waals surface area contributed by atoms with Crippen molar-refractivity contribution in [3.8, 4) is 6.07 Å². The lowest BCUT2D eigenvalue weighted by Crippen LogP contribution is -2.36. The topological polar surface area (TPSA) is 93.4 Å². The molecule has 1 aromatic carbocycles. The lowest BCUT2D eigenvalue weighted by atomic mass is 10.1. The molecule has 6 heteroatoms. The number of carboxylic acids is 1.